The van der Waals surface area contributed by atoms with Gasteiger partial charge < -0.3 is 15.4 Å². The summed E-state index contributed by atoms with van der Waals surface area (Å²) in [6, 6.07) is 4.77. The summed E-state index contributed by atoms with van der Waals surface area (Å²) in [4.78, 5) is 13.8. The summed E-state index contributed by atoms with van der Waals surface area (Å²) in [5.41, 5.74) is 5.53. The van der Waals surface area contributed by atoms with Crippen molar-refractivity contribution in [3.63, 3.8) is 0 Å². The van der Waals surface area contributed by atoms with E-state index in [0.29, 0.717) is 25.1 Å². The number of carbonyl (C=O) groups is 1. The molecule has 4 nitrogen and oxygen atoms in total. The number of piperidine rings is 1. The zero-order chi connectivity index (χ0) is 18.1. The topological polar surface area (TPSA) is 55.6 Å². The Balaban J connectivity index is 2.12. The van der Waals surface area contributed by atoms with Crippen LogP contribution in [0.1, 0.15) is 44.2 Å². The van der Waals surface area contributed by atoms with Gasteiger partial charge in [-0.3, -0.25) is 0 Å². The van der Waals surface area contributed by atoms with Gasteiger partial charge in [0, 0.05) is 25.0 Å². The fourth-order valence-corrected chi connectivity index (χ4v) is 2.73. The van der Waals surface area contributed by atoms with Crippen LogP contribution in [-0.4, -0.2) is 35.7 Å². The van der Waals surface area contributed by atoms with Gasteiger partial charge in [-0.25, -0.2) is 4.79 Å². The van der Waals surface area contributed by atoms with E-state index < -0.39 is 23.4 Å². The minimum atomic E-state index is -4.37. The summed E-state index contributed by atoms with van der Waals surface area (Å²) in [6.45, 7) is 6.17. The van der Waals surface area contributed by atoms with Crippen LogP contribution in [0.3, 0.4) is 0 Å². The van der Waals surface area contributed by atoms with E-state index >= 15 is 0 Å². The summed E-state index contributed by atoms with van der Waals surface area (Å²) in [5, 5.41) is 0. The van der Waals surface area contributed by atoms with Crippen LogP contribution in [0, 0.1) is 0 Å². The van der Waals surface area contributed by atoms with Crippen LogP contribution in [-0.2, 0) is 10.9 Å². The molecule has 7 heteroatoms. The van der Waals surface area contributed by atoms with Crippen molar-refractivity contribution in [3.05, 3.63) is 35.4 Å². The molecule has 1 aromatic rings. The summed E-state index contributed by atoms with van der Waals surface area (Å²) in [5.74, 6) is -0.214. The Bertz CT molecular complexity index is 579. The van der Waals surface area contributed by atoms with Crippen molar-refractivity contribution in [2.24, 2.45) is 5.73 Å². The normalized spacial score (nSPS) is 22.4. The Hall–Kier alpha value is -1.76. The highest BCUT2D eigenvalue weighted by molar-refractivity contribution is 5.68. The van der Waals surface area contributed by atoms with Crippen molar-refractivity contribution in [1.29, 1.82) is 0 Å². The Morgan fingerprint density at radius 2 is 1.79 bits per heavy atom. The molecule has 2 N–H and O–H groups in total. The summed E-state index contributed by atoms with van der Waals surface area (Å²) >= 11 is 0. The maximum atomic E-state index is 12.7. The second-order valence-corrected chi connectivity index (χ2v) is 7.11. The second-order valence-electron chi connectivity index (χ2n) is 7.11. The number of ether oxygens (including phenoxy) is 1. The van der Waals surface area contributed by atoms with Gasteiger partial charge in [-0.2, -0.15) is 13.2 Å². The van der Waals surface area contributed by atoms with Crippen molar-refractivity contribution in [1.82, 2.24) is 4.90 Å². The maximum Gasteiger partial charge on any atom is 0.416 e. The standard InChI is InChI=1S/C17H23F3N2O2/c1-16(2,3)24-15(23)22-9-8-14(21)13(10-22)11-4-6-12(7-5-11)17(18,19)20/h4-7,13-14H,8-10,21H2,1-3H3/t13-,14-/m1/s1. The zero-order valence-corrected chi connectivity index (χ0v) is 14.1. The number of nitrogens with two attached hydrogens (primary N) is 1. The minimum absolute atomic E-state index is 0.208. The van der Waals surface area contributed by atoms with Crippen LogP contribution in [0.25, 0.3) is 0 Å². The van der Waals surface area contributed by atoms with Gasteiger partial charge >= 0.3 is 12.3 Å². The highest BCUT2D eigenvalue weighted by Crippen LogP contribution is 2.32. The molecule has 1 heterocycles. The highest BCUT2D eigenvalue weighted by atomic mass is 19.4. The molecule has 0 bridgehead atoms. The lowest BCUT2D eigenvalue weighted by Gasteiger charge is -2.37. The molecule has 0 aromatic heterocycles. The third kappa shape index (κ3) is 4.63. The molecule has 134 valence electrons. The molecule has 0 unspecified atom stereocenters. The number of nitrogens with zero attached hydrogens (tertiary/aromatic N) is 1. The Morgan fingerprint density at radius 3 is 2.29 bits per heavy atom. The lowest BCUT2D eigenvalue weighted by atomic mass is 9.86. The summed E-state index contributed by atoms with van der Waals surface area (Å²) < 4.78 is 43.4. The van der Waals surface area contributed by atoms with Gasteiger partial charge in [0.2, 0.25) is 0 Å². The van der Waals surface area contributed by atoms with Crippen LogP contribution in [0.5, 0.6) is 0 Å². The summed E-state index contributed by atoms with van der Waals surface area (Å²) in [7, 11) is 0. The predicted octanol–water partition coefficient (Wildman–Crippen LogP) is 3.76. The van der Waals surface area contributed by atoms with Crippen LogP contribution < -0.4 is 5.73 Å². The number of amides is 1. The molecule has 1 amide bonds. The van der Waals surface area contributed by atoms with Crippen molar-refractivity contribution in [2.45, 2.75) is 50.9 Å². The molecule has 0 aliphatic carbocycles. The number of halogens is 3. The molecule has 0 saturated carbocycles. The fraction of sp³-hybridized carbons (Fsp3) is 0.588. The number of hydrogen-bond donors (Lipinski definition) is 1. The SMILES string of the molecule is CC(C)(C)OC(=O)N1CC[C@@H](N)[C@@H](c2ccc(C(F)(F)F)cc2)C1. The maximum absolute atomic E-state index is 12.7. The first kappa shape index (κ1) is 18.6. The largest absolute Gasteiger partial charge is 0.444 e. The van der Waals surface area contributed by atoms with Gasteiger partial charge in [0.05, 0.1) is 5.56 Å². The fourth-order valence-electron chi connectivity index (χ4n) is 2.73. The van der Waals surface area contributed by atoms with E-state index in [9.17, 15) is 18.0 Å². The summed E-state index contributed by atoms with van der Waals surface area (Å²) in [6.07, 6.45) is -4.22. The molecule has 1 saturated heterocycles. The van der Waals surface area contributed by atoms with E-state index in [4.69, 9.17) is 10.5 Å². The van der Waals surface area contributed by atoms with Crippen LogP contribution in [0.2, 0.25) is 0 Å². The predicted molar refractivity (Wildman–Crippen MR) is 84.6 cm³/mol. The first-order valence-corrected chi connectivity index (χ1v) is 7.88. The van der Waals surface area contributed by atoms with E-state index in [-0.39, 0.29) is 12.0 Å². The highest BCUT2D eigenvalue weighted by Gasteiger charge is 2.34. The van der Waals surface area contributed by atoms with E-state index in [1.54, 1.807) is 25.7 Å². The van der Waals surface area contributed by atoms with Gasteiger partial charge in [0.1, 0.15) is 5.60 Å². The molecule has 1 aromatic carbocycles. The van der Waals surface area contributed by atoms with E-state index in [0.717, 1.165) is 12.1 Å². The lowest BCUT2D eigenvalue weighted by molar-refractivity contribution is -0.137. The van der Waals surface area contributed by atoms with Crippen LogP contribution >= 0.6 is 0 Å². The number of rotatable bonds is 1. The smallest absolute Gasteiger partial charge is 0.416 e. The molecular weight excluding hydrogens is 321 g/mol. The van der Waals surface area contributed by atoms with Crippen molar-refractivity contribution in [2.75, 3.05) is 13.1 Å². The quantitative estimate of drug-likeness (QED) is 0.844. The first-order valence-electron chi connectivity index (χ1n) is 7.88. The average Bonchev–Trinajstić information content (AvgIpc) is 2.45. The second kappa shape index (κ2) is 6.63. The number of likely N-dealkylation sites (tertiary alicyclic amines) is 1. The zero-order valence-electron chi connectivity index (χ0n) is 14.1. The van der Waals surface area contributed by atoms with E-state index in [2.05, 4.69) is 0 Å². The number of alkyl halides is 3. The number of benzene rings is 1. The first-order chi connectivity index (χ1) is 11.0. The molecule has 2 atom stereocenters. The van der Waals surface area contributed by atoms with Crippen LogP contribution in [0.15, 0.2) is 24.3 Å². The number of hydrogen-bond acceptors (Lipinski definition) is 3. The van der Waals surface area contributed by atoms with Gasteiger partial charge in [0.15, 0.2) is 0 Å². The van der Waals surface area contributed by atoms with E-state index in [1.165, 1.54) is 12.1 Å². The van der Waals surface area contributed by atoms with Crippen molar-refractivity contribution >= 4 is 6.09 Å². The van der Waals surface area contributed by atoms with Gasteiger partial charge in [-0.15, -0.1) is 0 Å². The molecule has 1 aliphatic heterocycles. The lowest BCUT2D eigenvalue weighted by Crippen LogP contribution is -2.49. The monoisotopic (exact) mass is 344 g/mol. The average molecular weight is 344 g/mol. The number of carbonyl (C=O) groups excluding carboxylic acids is 1. The van der Waals surface area contributed by atoms with Gasteiger partial charge in [-0.05, 0) is 44.9 Å². The Kier molecular flexibility index (Phi) is 5.13. The van der Waals surface area contributed by atoms with Crippen molar-refractivity contribution in [3.8, 4) is 0 Å². The van der Waals surface area contributed by atoms with E-state index in [1.807, 2.05) is 0 Å². The Labute approximate surface area is 139 Å². The molecule has 1 fully saturated rings. The third-order valence-electron chi connectivity index (χ3n) is 3.98. The molecular formula is C17H23F3N2O2. The minimum Gasteiger partial charge on any atom is -0.444 e. The molecule has 0 spiro atoms. The van der Waals surface area contributed by atoms with Gasteiger partial charge in [-0.1, -0.05) is 12.1 Å². The van der Waals surface area contributed by atoms with Crippen molar-refractivity contribution < 1.29 is 22.7 Å². The van der Waals surface area contributed by atoms with Gasteiger partial charge in [0.25, 0.3) is 0 Å². The molecule has 0 radical (unpaired) electrons. The Morgan fingerprint density at radius 1 is 1.21 bits per heavy atom. The molecule has 24 heavy (non-hydrogen) atoms. The molecule has 2 rings (SSSR count). The third-order valence-corrected chi connectivity index (χ3v) is 3.98. The van der Waals surface area contributed by atoms with Crippen LogP contribution in [0.4, 0.5) is 18.0 Å². The molecule has 1 aliphatic rings.